The van der Waals surface area contributed by atoms with Crippen molar-refractivity contribution in [1.29, 1.82) is 0 Å². The molecule has 0 radical (unpaired) electrons. The molecule has 3 aromatic rings. The molecule has 0 unspecified atom stereocenters. The van der Waals surface area contributed by atoms with E-state index in [1.807, 2.05) is 13.0 Å². The van der Waals surface area contributed by atoms with Gasteiger partial charge in [-0.25, -0.2) is 4.98 Å². The molecule has 2 heterocycles. The second kappa shape index (κ2) is 2.98. The zero-order valence-electron chi connectivity index (χ0n) is 9.33. The zero-order valence-corrected chi connectivity index (χ0v) is 9.33. The molecule has 0 fully saturated rings. The lowest BCUT2D eigenvalue weighted by Gasteiger charge is -1.98. The van der Waals surface area contributed by atoms with Gasteiger partial charge in [0.05, 0.1) is 5.52 Å². The van der Waals surface area contributed by atoms with Crippen LogP contribution in [0.2, 0.25) is 0 Å². The maximum Gasteiger partial charge on any atom is 0.125 e. The highest BCUT2D eigenvalue weighted by Gasteiger charge is 2.08. The maximum atomic E-state index is 5.75. The van der Waals surface area contributed by atoms with Crippen LogP contribution in [-0.4, -0.2) is 9.97 Å². The van der Waals surface area contributed by atoms with Crippen LogP contribution in [0.5, 0.6) is 0 Å². The Bertz CT molecular complexity index is 695. The van der Waals surface area contributed by atoms with E-state index in [-0.39, 0.29) is 0 Å². The largest absolute Gasteiger partial charge is 0.384 e. The Kier molecular flexibility index (Phi) is 1.72. The van der Waals surface area contributed by atoms with Gasteiger partial charge in [-0.2, -0.15) is 0 Å². The van der Waals surface area contributed by atoms with Gasteiger partial charge in [-0.15, -0.1) is 0 Å². The van der Waals surface area contributed by atoms with Gasteiger partial charge in [-0.1, -0.05) is 12.1 Å². The van der Waals surface area contributed by atoms with E-state index in [0.717, 1.165) is 16.7 Å². The van der Waals surface area contributed by atoms with E-state index >= 15 is 0 Å². The van der Waals surface area contributed by atoms with Gasteiger partial charge in [0.15, 0.2) is 0 Å². The van der Waals surface area contributed by atoms with Crippen LogP contribution in [0, 0.1) is 13.8 Å². The molecule has 1 aromatic carbocycles. The predicted molar refractivity (Wildman–Crippen MR) is 67.5 cm³/mol. The van der Waals surface area contributed by atoms with Crippen LogP contribution in [0.3, 0.4) is 0 Å². The molecule has 0 saturated carbocycles. The Hall–Kier alpha value is -2.03. The second-order valence-corrected chi connectivity index (χ2v) is 4.23. The number of fused-ring (bicyclic) bond motifs is 3. The minimum Gasteiger partial charge on any atom is -0.384 e. The topological polar surface area (TPSA) is 54.7 Å². The molecule has 0 saturated heterocycles. The molecule has 0 aliphatic rings. The Morgan fingerprint density at radius 1 is 1.12 bits per heavy atom. The standard InChI is InChI=1S/C13H13N3/c1-7-3-4-9-10(5-7)16-11-6-12(14)15-8(2)13(9)11/h3-6,16H,1-2H3,(H2,14,15). The summed E-state index contributed by atoms with van der Waals surface area (Å²) in [5, 5.41) is 2.38. The van der Waals surface area contributed by atoms with Crippen molar-refractivity contribution in [2.75, 3.05) is 5.73 Å². The number of nitrogen functional groups attached to an aromatic ring is 1. The van der Waals surface area contributed by atoms with Gasteiger partial charge in [0.2, 0.25) is 0 Å². The first-order chi connectivity index (χ1) is 7.65. The van der Waals surface area contributed by atoms with E-state index in [9.17, 15) is 0 Å². The fraction of sp³-hybridized carbons (Fsp3) is 0.154. The monoisotopic (exact) mass is 211 g/mol. The summed E-state index contributed by atoms with van der Waals surface area (Å²) in [4.78, 5) is 7.68. The summed E-state index contributed by atoms with van der Waals surface area (Å²) < 4.78 is 0. The number of nitrogens with two attached hydrogens (primary N) is 1. The van der Waals surface area contributed by atoms with Crippen molar-refractivity contribution in [2.24, 2.45) is 0 Å². The Morgan fingerprint density at radius 3 is 2.75 bits per heavy atom. The van der Waals surface area contributed by atoms with Gasteiger partial charge < -0.3 is 10.7 Å². The van der Waals surface area contributed by atoms with Crippen LogP contribution < -0.4 is 5.73 Å². The quantitative estimate of drug-likeness (QED) is 0.600. The molecular formula is C13H13N3. The highest BCUT2D eigenvalue weighted by atomic mass is 14.9. The number of nitrogens with one attached hydrogen (secondary N) is 1. The summed E-state index contributed by atoms with van der Waals surface area (Å²) in [7, 11) is 0. The summed E-state index contributed by atoms with van der Waals surface area (Å²) in [6, 6.07) is 8.28. The van der Waals surface area contributed by atoms with Gasteiger partial charge in [-0.05, 0) is 25.5 Å². The summed E-state index contributed by atoms with van der Waals surface area (Å²) in [5.41, 5.74) is 10.2. The predicted octanol–water partition coefficient (Wildman–Crippen LogP) is 2.92. The summed E-state index contributed by atoms with van der Waals surface area (Å²) in [6.45, 7) is 4.08. The molecule has 3 N–H and O–H groups in total. The third kappa shape index (κ3) is 1.18. The lowest BCUT2D eigenvalue weighted by atomic mass is 10.1. The first-order valence-electron chi connectivity index (χ1n) is 5.30. The molecule has 0 spiro atoms. The molecule has 3 heteroatoms. The van der Waals surface area contributed by atoms with E-state index in [2.05, 4.69) is 35.1 Å². The van der Waals surface area contributed by atoms with Crippen LogP contribution in [0.25, 0.3) is 21.8 Å². The van der Waals surface area contributed by atoms with Crippen LogP contribution in [0.4, 0.5) is 5.82 Å². The molecule has 0 aliphatic heterocycles. The smallest absolute Gasteiger partial charge is 0.125 e. The van der Waals surface area contributed by atoms with Gasteiger partial charge in [0.1, 0.15) is 5.82 Å². The number of pyridine rings is 1. The van der Waals surface area contributed by atoms with E-state index in [0.29, 0.717) is 5.82 Å². The van der Waals surface area contributed by atoms with Crippen LogP contribution in [0.1, 0.15) is 11.3 Å². The molecule has 16 heavy (non-hydrogen) atoms. The van der Waals surface area contributed by atoms with Gasteiger partial charge in [0.25, 0.3) is 0 Å². The number of hydrogen-bond donors (Lipinski definition) is 2. The minimum atomic E-state index is 0.563. The Balaban J connectivity index is 2.56. The van der Waals surface area contributed by atoms with E-state index < -0.39 is 0 Å². The van der Waals surface area contributed by atoms with E-state index in [1.165, 1.54) is 16.3 Å². The SMILES string of the molecule is Cc1ccc2c(c1)[nH]c1cc(N)nc(C)c12. The summed E-state index contributed by atoms with van der Waals surface area (Å²) in [5.74, 6) is 0.563. The maximum absolute atomic E-state index is 5.75. The highest BCUT2D eigenvalue weighted by Crippen LogP contribution is 2.28. The zero-order chi connectivity index (χ0) is 11.3. The van der Waals surface area contributed by atoms with Crippen LogP contribution in [-0.2, 0) is 0 Å². The molecule has 2 aromatic heterocycles. The van der Waals surface area contributed by atoms with Crippen molar-refractivity contribution in [3.63, 3.8) is 0 Å². The first kappa shape index (κ1) is 9.21. The van der Waals surface area contributed by atoms with Crippen molar-refractivity contribution in [3.8, 4) is 0 Å². The number of H-pyrrole nitrogens is 1. The average molecular weight is 211 g/mol. The second-order valence-electron chi connectivity index (χ2n) is 4.23. The van der Waals surface area contributed by atoms with Crippen LogP contribution in [0.15, 0.2) is 24.3 Å². The molecular weight excluding hydrogens is 198 g/mol. The molecule has 3 nitrogen and oxygen atoms in total. The van der Waals surface area contributed by atoms with Gasteiger partial charge >= 0.3 is 0 Å². The fourth-order valence-electron chi connectivity index (χ4n) is 2.26. The van der Waals surface area contributed by atoms with Crippen molar-refractivity contribution in [1.82, 2.24) is 9.97 Å². The van der Waals surface area contributed by atoms with E-state index in [4.69, 9.17) is 5.73 Å². The lowest BCUT2D eigenvalue weighted by molar-refractivity contribution is 1.25. The molecule has 0 atom stereocenters. The first-order valence-corrected chi connectivity index (χ1v) is 5.30. The van der Waals surface area contributed by atoms with Crippen molar-refractivity contribution >= 4 is 27.6 Å². The number of rotatable bonds is 0. The number of aromatic nitrogens is 2. The van der Waals surface area contributed by atoms with E-state index in [1.54, 1.807) is 0 Å². The number of hydrogen-bond acceptors (Lipinski definition) is 2. The average Bonchev–Trinajstić information content (AvgIpc) is 2.54. The van der Waals surface area contributed by atoms with Crippen molar-refractivity contribution in [2.45, 2.75) is 13.8 Å². The molecule has 0 amide bonds. The van der Waals surface area contributed by atoms with Gasteiger partial charge in [0, 0.05) is 28.0 Å². The summed E-state index contributed by atoms with van der Waals surface area (Å²) in [6.07, 6.45) is 0. The summed E-state index contributed by atoms with van der Waals surface area (Å²) >= 11 is 0. The number of aromatic amines is 1. The molecule has 3 rings (SSSR count). The van der Waals surface area contributed by atoms with Gasteiger partial charge in [-0.3, -0.25) is 0 Å². The molecule has 0 aliphatic carbocycles. The number of anilines is 1. The minimum absolute atomic E-state index is 0.563. The van der Waals surface area contributed by atoms with Crippen molar-refractivity contribution < 1.29 is 0 Å². The number of nitrogens with zero attached hydrogens (tertiary/aromatic N) is 1. The normalized spacial score (nSPS) is 11.4. The Morgan fingerprint density at radius 2 is 1.94 bits per heavy atom. The third-order valence-corrected chi connectivity index (χ3v) is 2.93. The third-order valence-electron chi connectivity index (χ3n) is 2.93. The van der Waals surface area contributed by atoms with Crippen LogP contribution >= 0.6 is 0 Å². The highest BCUT2D eigenvalue weighted by molar-refractivity contribution is 6.08. The molecule has 0 bridgehead atoms. The Labute approximate surface area is 93.3 Å². The number of benzene rings is 1. The fourth-order valence-corrected chi connectivity index (χ4v) is 2.26. The van der Waals surface area contributed by atoms with Crippen molar-refractivity contribution in [3.05, 3.63) is 35.5 Å². The number of aryl methyl sites for hydroxylation is 2. The lowest BCUT2D eigenvalue weighted by Crippen LogP contribution is -1.91. The molecule has 80 valence electrons.